The van der Waals surface area contributed by atoms with Gasteiger partial charge in [-0.25, -0.2) is 5.43 Å². The van der Waals surface area contributed by atoms with Gasteiger partial charge in [-0.1, -0.05) is 18.2 Å². The molecule has 2 N–H and O–H groups in total. The molecule has 0 radical (unpaired) electrons. The number of hydrazone groups is 1. The van der Waals surface area contributed by atoms with E-state index in [1.54, 1.807) is 6.07 Å². The van der Waals surface area contributed by atoms with Crippen LogP contribution in [0, 0.1) is 10.1 Å². The predicted octanol–water partition coefficient (Wildman–Crippen LogP) is 3.58. The number of benzene rings is 2. The van der Waals surface area contributed by atoms with Crippen LogP contribution in [0.25, 0.3) is 0 Å². The number of hydrogen-bond donors (Lipinski definition) is 2. The van der Waals surface area contributed by atoms with E-state index in [-0.39, 0.29) is 17.4 Å². The predicted molar refractivity (Wildman–Crippen MR) is 122 cm³/mol. The maximum atomic E-state index is 11.2. The quantitative estimate of drug-likeness (QED) is 0.310. The number of methoxy groups -OCH3 is 1. The molecule has 0 spiro atoms. The second-order valence-electron chi connectivity index (χ2n) is 7.03. The van der Waals surface area contributed by atoms with Crippen LogP contribution in [-0.2, 0) is 0 Å². The molecule has 1 aromatic heterocycles. The van der Waals surface area contributed by atoms with Gasteiger partial charge in [0.1, 0.15) is 0 Å². The van der Waals surface area contributed by atoms with Crippen LogP contribution < -0.4 is 20.4 Å². The molecule has 1 aliphatic heterocycles. The molecular formula is C21H22N8O3. The Labute approximate surface area is 184 Å². The van der Waals surface area contributed by atoms with Gasteiger partial charge in [0, 0.05) is 30.4 Å². The van der Waals surface area contributed by atoms with Crippen molar-refractivity contribution in [1.29, 1.82) is 0 Å². The Bertz CT molecular complexity index is 1120. The van der Waals surface area contributed by atoms with E-state index in [9.17, 15) is 10.1 Å². The first-order valence-electron chi connectivity index (χ1n) is 10.1. The van der Waals surface area contributed by atoms with Gasteiger partial charge in [-0.15, -0.1) is 0 Å². The van der Waals surface area contributed by atoms with Gasteiger partial charge in [0.15, 0.2) is 5.75 Å². The van der Waals surface area contributed by atoms with E-state index in [1.807, 2.05) is 30.3 Å². The van der Waals surface area contributed by atoms with Crippen molar-refractivity contribution in [3.63, 3.8) is 0 Å². The third-order valence-corrected chi connectivity index (χ3v) is 4.82. The van der Waals surface area contributed by atoms with Crippen molar-refractivity contribution in [3.8, 4) is 5.75 Å². The molecule has 1 aliphatic rings. The van der Waals surface area contributed by atoms with Crippen LogP contribution in [0.4, 0.5) is 29.2 Å². The Morgan fingerprint density at radius 1 is 1.09 bits per heavy atom. The normalized spacial score (nSPS) is 13.3. The minimum absolute atomic E-state index is 0.137. The summed E-state index contributed by atoms with van der Waals surface area (Å²) < 4.78 is 5.02. The van der Waals surface area contributed by atoms with Crippen LogP contribution >= 0.6 is 0 Å². The van der Waals surface area contributed by atoms with Crippen LogP contribution in [0.1, 0.15) is 18.4 Å². The Balaban J connectivity index is 1.55. The topological polar surface area (TPSA) is 131 Å². The highest BCUT2D eigenvalue weighted by molar-refractivity contribution is 5.82. The van der Waals surface area contributed by atoms with Crippen LogP contribution in [0.2, 0.25) is 0 Å². The summed E-state index contributed by atoms with van der Waals surface area (Å²) in [6, 6.07) is 14.2. The van der Waals surface area contributed by atoms with Crippen molar-refractivity contribution in [2.75, 3.05) is 35.8 Å². The maximum Gasteiger partial charge on any atom is 0.311 e. The minimum atomic E-state index is -0.501. The third kappa shape index (κ3) is 5.06. The number of nitro benzene ring substituents is 1. The van der Waals surface area contributed by atoms with Crippen LogP contribution in [0.3, 0.4) is 0 Å². The van der Waals surface area contributed by atoms with Gasteiger partial charge in [-0.2, -0.15) is 20.1 Å². The number of ether oxygens (including phenoxy) is 1. The van der Waals surface area contributed by atoms with Crippen molar-refractivity contribution >= 4 is 35.4 Å². The number of nitrogens with zero attached hydrogens (tertiary/aromatic N) is 6. The molecule has 0 aliphatic carbocycles. The number of nitrogens with one attached hydrogen (secondary N) is 2. The number of para-hydroxylation sites is 1. The standard InChI is InChI=1S/C21H22N8O3/c1-32-18-10-9-15(13-17(18)29(30)31)14-22-27-20-24-19(23-16-7-3-2-4-8-16)25-21(26-20)28-11-5-6-12-28/h2-4,7-10,13-14H,5-6,11-12H2,1H3,(H2,23,24,25,26,27)/b22-14+. The van der Waals surface area contributed by atoms with E-state index in [1.165, 1.54) is 25.5 Å². The molecule has 3 aromatic rings. The van der Waals surface area contributed by atoms with E-state index in [0.717, 1.165) is 31.6 Å². The highest BCUT2D eigenvalue weighted by Gasteiger charge is 2.18. The van der Waals surface area contributed by atoms with Gasteiger partial charge in [-0.3, -0.25) is 10.1 Å². The fourth-order valence-electron chi connectivity index (χ4n) is 3.27. The Hall–Kier alpha value is -4.28. The molecule has 2 aromatic carbocycles. The largest absolute Gasteiger partial charge is 0.490 e. The fourth-order valence-corrected chi connectivity index (χ4v) is 3.27. The van der Waals surface area contributed by atoms with Crippen molar-refractivity contribution in [2.45, 2.75) is 12.8 Å². The SMILES string of the molecule is COc1ccc(/C=N/Nc2nc(Nc3ccccc3)nc(N3CCCC3)n2)cc1[N+](=O)[O-]. The lowest BCUT2D eigenvalue weighted by atomic mass is 10.2. The summed E-state index contributed by atoms with van der Waals surface area (Å²) in [6.45, 7) is 1.76. The maximum absolute atomic E-state index is 11.2. The van der Waals surface area contributed by atoms with Gasteiger partial charge in [0.2, 0.25) is 17.8 Å². The summed E-state index contributed by atoms with van der Waals surface area (Å²) in [5, 5.41) is 18.5. The first-order valence-corrected chi connectivity index (χ1v) is 10.1. The second-order valence-corrected chi connectivity index (χ2v) is 7.03. The van der Waals surface area contributed by atoms with Crippen molar-refractivity contribution in [2.24, 2.45) is 5.10 Å². The Morgan fingerprint density at radius 3 is 2.56 bits per heavy atom. The summed E-state index contributed by atoms with van der Waals surface area (Å²) in [5.41, 5.74) is 4.05. The van der Waals surface area contributed by atoms with E-state index >= 15 is 0 Å². The molecular weight excluding hydrogens is 412 g/mol. The molecule has 11 heteroatoms. The van der Waals surface area contributed by atoms with E-state index < -0.39 is 4.92 Å². The van der Waals surface area contributed by atoms with Gasteiger partial charge in [0.05, 0.1) is 18.2 Å². The van der Waals surface area contributed by atoms with Crippen molar-refractivity contribution in [1.82, 2.24) is 15.0 Å². The van der Waals surface area contributed by atoms with E-state index in [4.69, 9.17) is 4.74 Å². The fraction of sp³-hybridized carbons (Fsp3) is 0.238. The highest BCUT2D eigenvalue weighted by Crippen LogP contribution is 2.27. The summed E-state index contributed by atoms with van der Waals surface area (Å²) in [6.07, 6.45) is 3.63. The van der Waals surface area contributed by atoms with Crippen molar-refractivity contribution in [3.05, 3.63) is 64.2 Å². The lowest BCUT2D eigenvalue weighted by Crippen LogP contribution is -2.21. The average molecular weight is 434 g/mol. The van der Waals surface area contributed by atoms with Crippen LogP contribution in [0.5, 0.6) is 5.75 Å². The molecule has 4 rings (SSSR count). The Morgan fingerprint density at radius 2 is 1.84 bits per heavy atom. The van der Waals surface area contributed by atoms with Crippen LogP contribution in [0.15, 0.2) is 53.6 Å². The molecule has 164 valence electrons. The van der Waals surface area contributed by atoms with E-state index in [2.05, 4.69) is 35.7 Å². The molecule has 11 nitrogen and oxygen atoms in total. The Kier molecular flexibility index (Phi) is 6.35. The van der Waals surface area contributed by atoms with Gasteiger partial charge in [-0.05, 0) is 37.1 Å². The molecule has 0 saturated carbocycles. The molecule has 32 heavy (non-hydrogen) atoms. The van der Waals surface area contributed by atoms with Gasteiger partial charge >= 0.3 is 5.69 Å². The summed E-state index contributed by atoms with van der Waals surface area (Å²) in [5.74, 6) is 1.41. The lowest BCUT2D eigenvalue weighted by molar-refractivity contribution is -0.385. The number of aromatic nitrogens is 3. The lowest BCUT2D eigenvalue weighted by Gasteiger charge is -2.16. The van der Waals surface area contributed by atoms with Gasteiger partial charge in [0.25, 0.3) is 0 Å². The van der Waals surface area contributed by atoms with Gasteiger partial charge < -0.3 is 15.0 Å². The minimum Gasteiger partial charge on any atom is -0.490 e. The zero-order chi connectivity index (χ0) is 22.3. The highest BCUT2D eigenvalue weighted by atomic mass is 16.6. The molecule has 0 unspecified atom stereocenters. The summed E-state index contributed by atoms with van der Waals surface area (Å²) >= 11 is 0. The average Bonchev–Trinajstić information content (AvgIpc) is 3.35. The summed E-state index contributed by atoms with van der Waals surface area (Å²) in [7, 11) is 1.39. The molecule has 0 amide bonds. The smallest absolute Gasteiger partial charge is 0.311 e. The molecule has 0 bridgehead atoms. The molecule has 1 fully saturated rings. The third-order valence-electron chi connectivity index (χ3n) is 4.82. The number of hydrogen-bond acceptors (Lipinski definition) is 10. The number of rotatable bonds is 8. The van der Waals surface area contributed by atoms with E-state index in [0.29, 0.717) is 17.5 Å². The van der Waals surface area contributed by atoms with Crippen molar-refractivity contribution < 1.29 is 9.66 Å². The molecule has 2 heterocycles. The first-order chi connectivity index (χ1) is 15.6. The molecule has 0 atom stereocenters. The zero-order valence-corrected chi connectivity index (χ0v) is 17.4. The summed E-state index contributed by atoms with van der Waals surface area (Å²) in [4.78, 5) is 26.2. The first kappa shape index (κ1) is 21.0. The monoisotopic (exact) mass is 434 g/mol. The zero-order valence-electron chi connectivity index (χ0n) is 17.4. The second kappa shape index (κ2) is 9.69. The number of nitro groups is 1. The van der Waals surface area contributed by atoms with Crippen LogP contribution in [-0.4, -0.2) is 46.3 Å². The number of anilines is 4. The molecule has 1 saturated heterocycles.